The summed E-state index contributed by atoms with van der Waals surface area (Å²) in [5, 5.41) is 29.5. The van der Waals surface area contributed by atoms with Gasteiger partial charge in [0.25, 0.3) is 0 Å². The zero-order valence-electron chi connectivity index (χ0n) is 20.4. The fraction of sp³-hybridized carbons (Fsp3) is 0.321. The highest BCUT2D eigenvalue weighted by Gasteiger charge is 2.23. The van der Waals surface area contributed by atoms with Crippen molar-refractivity contribution in [3.63, 3.8) is 0 Å². The number of aromatic nitrogens is 2. The molecule has 0 unspecified atom stereocenters. The summed E-state index contributed by atoms with van der Waals surface area (Å²) in [5.41, 5.74) is 3.57. The summed E-state index contributed by atoms with van der Waals surface area (Å²) in [5.74, 6) is 1.07. The summed E-state index contributed by atoms with van der Waals surface area (Å²) in [6.07, 6.45) is 3.92. The van der Waals surface area contributed by atoms with E-state index in [4.69, 9.17) is 4.98 Å². The van der Waals surface area contributed by atoms with E-state index in [1.807, 2.05) is 12.1 Å². The normalized spacial score (nSPS) is 14.3. The van der Waals surface area contributed by atoms with Gasteiger partial charge in [0.1, 0.15) is 17.4 Å². The third kappa shape index (κ3) is 7.03. The Labute approximate surface area is 236 Å². The van der Waals surface area contributed by atoms with Crippen LogP contribution in [0.3, 0.4) is 0 Å². The molecule has 4 aromatic rings. The second-order valence-electron chi connectivity index (χ2n) is 9.48. The smallest absolute Gasteiger partial charge is 0.159 e. The topological polar surface area (TPSA) is 81.8 Å². The van der Waals surface area contributed by atoms with Crippen LogP contribution in [0.25, 0.3) is 11.0 Å². The van der Waals surface area contributed by atoms with Crippen molar-refractivity contribution in [2.75, 3.05) is 19.6 Å². The van der Waals surface area contributed by atoms with Crippen molar-refractivity contribution in [2.24, 2.45) is 5.92 Å². The molecule has 1 fully saturated rings. The standard InChI is InChI=1S/C28H30FN3O3.2BrH/c29-22-5-1-21(2-6-22)18-32-25-17-27(35)26(34)16-24(25)30-28(32)15-20-10-13-31(14-11-20)12-9-19-3-7-23(33)8-4-19;;/h1-8,16-17,20,33-35H,9-15,18H2;2*1H. The monoisotopic (exact) mass is 635 g/mol. The molecule has 0 spiro atoms. The number of halogens is 3. The van der Waals surface area contributed by atoms with Crippen LogP contribution in [0, 0.1) is 11.7 Å². The fourth-order valence-corrected chi connectivity index (χ4v) is 4.93. The molecule has 0 bridgehead atoms. The Morgan fingerprint density at radius 3 is 2.14 bits per heavy atom. The maximum Gasteiger partial charge on any atom is 0.159 e. The average Bonchev–Trinajstić information content (AvgIpc) is 3.16. The van der Waals surface area contributed by atoms with Crippen molar-refractivity contribution in [3.8, 4) is 17.2 Å². The van der Waals surface area contributed by atoms with Crippen LogP contribution in [-0.2, 0) is 19.4 Å². The van der Waals surface area contributed by atoms with Crippen LogP contribution in [0.15, 0.2) is 60.7 Å². The molecule has 0 radical (unpaired) electrons. The molecule has 9 heteroatoms. The molecule has 6 nitrogen and oxygen atoms in total. The minimum atomic E-state index is -0.274. The molecular weight excluding hydrogens is 605 g/mol. The van der Waals surface area contributed by atoms with Crippen LogP contribution in [0.2, 0.25) is 0 Å². The number of benzene rings is 3. The number of hydrogen-bond donors (Lipinski definition) is 3. The van der Waals surface area contributed by atoms with Crippen molar-refractivity contribution in [1.82, 2.24) is 14.5 Å². The average molecular weight is 637 g/mol. The van der Waals surface area contributed by atoms with Gasteiger partial charge in [-0.1, -0.05) is 24.3 Å². The number of nitrogens with zero attached hydrogens (tertiary/aromatic N) is 3. The Balaban J connectivity index is 0.00000190. The molecule has 0 saturated carbocycles. The number of phenols is 3. The number of hydrogen-bond acceptors (Lipinski definition) is 5. The third-order valence-corrected chi connectivity index (χ3v) is 7.01. The summed E-state index contributed by atoms with van der Waals surface area (Å²) in [4.78, 5) is 7.30. The van der Waals surface area contributed by atoms with Crippen LogP contribution >= 0.6 is 34.0 Å². The van der Waals surface area contributed by atoms with E-state index in [2.05, 4.69) is 9.47 Å². The van der Waals surface area contributed by atoms with Crippen molar-refractivity contribution < 1.29 is 19.7 Å². The van der Waals surface area contributed by atoms with Gasteiger partial charge in [0, 0.05) is 31.6 Å². The molecule has 37 heavy (non-hydrogen) atoms. The van der Waals surface area contributed by atoms with Crippen LogP contribution < -0.4 is 0 Å². The molecule has 0 amide bonds. The number of likely N-dealkylation sites (tertiary alicyclic amines) is 1. The zero-order valence-corrected chi connectivity index (χ0v) is 23.8. The first-order valence-electron chi connectivity index (χ1n) is 12.1. The Kier molecular flexibility index (Phi) is 9.98. The van der Waals surface area contributed by atoms with Crippen LogP contribution in [0.5, 0.6) is 17.2 Å². The Hall–Kier alpha value is -2.62. The van der Waals surface area contributed by atoms with E-state index in [1.54, 1.807) is 30.3 Å². The fourth-order valence-electron chi connectivity index (χ4n) is 4.93. The minimum Gasteiger partial charge on any atom is -0.508 e. The van der Waals surface area contributed by atoms with E-state index in [9.17, 15) is 19.7 Å². The second kappa shape index (κ2) is 12.8. The largest absolute Gasteiger partial charge is 0.508 e. The van der Waals surface area contributed by atoms with Gasteiger partial charge >= 0.3 is 0 Å². The van der Waals surface area contributed by atoms with E-state index in [1.165, 1.54) is 23.8 Å². The van der Waals surface area contributed by atoms with Gasteiger partial charge in [-0.3, -0.25) is 0 Å². The lowest BCUT2D eigenvalue weighted by Crippen LogP contribution is -2.36. The summed E-state index contributed by atoms with van der Waals surface area (Å²) >= 11 is 0. The van der Waals surface area contributed by atoms with E-state index in [-0.39, 0.29) is 51.3 Å². The second-order valence-corrected chi connectivity index (χ2v) is 9.48. The first kappa shape index (κ1) is 28.9. The van der Waals surface area contributed by atoms with Gasteiger partial charge in [0.05, 0.1) is 11.0 Å². The Morgan fingerprint density at radius 1 is 0.838 bits per heavy atom. The molecule has 1 aromatic heterocycles. The van der Waals surface area contributed by atoms with Gasteiger partial charge in [-0.15, -0.1) is 34.0 Å². The van der Waals surface area contributed by atoms with Gasteiger partial charge in [0.2, 0.25) is 0 Å². The molecule has 1 saturated heterocycles. The molecular formula is C28H32Br2FN3O3. The molecule has 0 aliphatic carbocycles. The van der Waals surface area contributed by atoms with Crippen molar-refractivity contribution in [3.05, 3.63) is 83.4 Å². The Morgan fingerprint density at radius 2 is 1.46 bits per heavy atom. The highest BCUT2D eigenvalue weighted by Crippen LogP contribution is 2.32. The molecule has 3 aromatic carbocycles. The minimum absolute atomic E-state index is 0. The van der Waals surface area contributed by atoms with Gasteiger partial charge in [-0.2, -0.15) is 0 Å². The van der Waals surface area contributed by atoms with Gasteiger partial charge < -0.3 is 24.8 Å². The van der Waals surface area contributed by atoms with Gasteiger partial charge in [0.15, 0.2) is 11.5 Å². The molecule has 3 N–H and O–H groups in total. The van der Waals surface area contributed by atoms with Crippen molar-refractivity contribution in [2.45, 2.75) is 32.2 Å². The molecule has 198 valence electrons. The SMILES string of the molecule is Br.Br.Oc1ccc(CCN2CCC(Cc3nc4cc(O)c(O)cc4n3Cc3ccc(F)cc3)CC2)cc1. The summed E-state index contributed by atoms with van der Waals surface area (Å²) < 4.78 is 15.5. The predicted octanol–water partition coefficient (Wildman–Crippen LogP) is 5.99. The summed E-state index contributed by atoms with van der Waals surface area (Å²) in [6, 6.07) is 16.9. The quantitative estimate of drug-likeness (QED) is 0.217. The highest BCUT2D eigenvalue weighted by atomic mass is 79.9. The molecule has 1 aliphatic heterocycles. The lowest BCUT2D eigenvalue weighted by Gasteiger charge is -2.32. The maximum atomic E-state index is 13.4. The first-order chi connectivity index (χ1) is 16.9. The predicted molar refractivity (Wildman–Crippen MR) is 154 cm³/mol. The zero-order chi connectivity index (χ0) is 24.4. The number of aromatic hydroxyl groups is 3. The number of fused-ring (bicyclic) bond motifs is 1. The summed E-state index contributed by atoms with van der Waals surface area (Å²) in [7, 11) is 0. The van der Waals surface area contributed by atoms with E-state index < -0.39 is 0 Å². The molecule has 2 heterocycles. The lowest BCUT2D eigenvalue weighted by molar-refractivity contribution is 0.184. The molecule has 5 rings (SSSR count). The number of imidazole rings is 1. The van der Waals surface area contributed by atoms with Crippen LogP contribution in [0.4, 0.5) is 4.39 Å². The third-order valence-electron chi connectivity index (χ3n) is 7.01. The number of rotatable bonds is 7. The Bertz CT molecular complexity index is 1310. The van der Waals surface area contributed by atoms with Gasteiger partial charge in [-0.25, -0.2) is 9.37 Å². The van der Waals surface area contributed by atoms with E-state index >= 15 is 0 Å². The number of piperidine rings is 1. The van der Waals surface area contributed by atoms with Gasteiger partial charge in [-0.05, 0) is 73.7 Å². The van der Waals surface area contributed by atoms with E-state index in [0.717, 1.165) is 62.2 Å². The summed E-state index contributed by atoms with van der Waals surface area (Å²) in [6.45, 7) is 3.58. The van der Waals surface area contributed by atoms with Crippen molar-refractivity contribution >= 4 is 45.0 Å². The lowest BCUT2D eigenvalue weighted by atomic mass is 9.93. The number of phenolic OH excluding ortho intramolecular Hbond substituents is 3. The highest BCUT2D eigenvalue weighted by molar-refractivity contribution is 8.93. The van der Waals surface area contributed by atoms with E-state index in [0.29, 0.717) is 23.7 Å². The van der Waals surface area contributed by atoms with Crippen LogP contribution in [0.1, 0.15) is 29.8 Å². The van der Waals surface area contributed by atoms with Crippen LogP contribution in [-0.4, -0.2) is 49.4 Å². The first-order valence-corrected chi connectivity index (χ1v) is 12.1. The van der Waals surface area contributed by atoms with Crippen molar-refractivity contribution in [1.29, 1.82) is 0 Å². The molecule has 1 aliphatic rings. The maximum absolute atomic E-state index is 13.4. The molecule has 0 atom stereocenters.